The van der Waals surface area contributed by atoms with Crippen molar-refractivity contribution in [2.45, 2.75) is 54.4 Å². The second kappa shape index (κ2) is 9.45. The Labute approximate surface area is 145 Å². The van der Waals surface area contributed by atoms with Gasteiger partial charge in [0.15, 0.2) is 0 Å². The van der Waals surface area contributed by atoms with Crippen LogP contribution in [0, 0.1) is 25.7 Å². The summed E-state index contributed by atoms with van der Waals surface area (Å²) in [5.74, 6) is -0.00267. The van der Waals surface area contributed by atoms with E-state index in [9.17, 15) is 9.59 Å². The van der Waals surface area contributed by atoms with Crippen molar-refractivity contribution in [3.05, 3.63) is 34.4 Å². The minimum atomic E-state index is -0.463. The maximum atomic E-state index is 12.5. The highest BCUT2D eigenvalue weighted by molar-refractivity contribution is 6.04. The second-order valence-electron chi connectivity index (χ2n) is 7.07. The van der Waals surface area contributed by atoms with Crippen LogP contribution in [0.15, 0.2) is 12.1 Å². The molecule has 0 aliphatic carbocycles. The van der Waals surface area contributed by atoms with Crippen molar-refractivity contribution in [1.29, 1.82) is 0 Å². The first-order valence-electron chi connectivity index (χ1n) is 8.68. The van der Waals surface area contributed by atoms with Crippen LogP contribution in [0.25, 0.3) is 0 Å². The zero-order valence-electron chi connectivity index (χ0n) is 15.8. The number of hydrogen-bond acceptors (Lipinski definition) is 4. The third kappa shape index (κ3) is 5.99. The Kier molecular flexibility index (Phi) is 7.96. The Morgan fingerprint density at radius 3 is 1.88 bits per heavy atom. The third-order valence-corrected chi connectivity index (χ3v) is 4.02. The number of esters is 2. The van der Waals surface area contributed by atoms with Gasteiger partial charge in [-0.25, -0.2) is 9.59 Å². The molecule has 0 amide bonds. The first kappa shape index (κ1) is 20.2. The molecule has 0 spiro atoms. The van der Waals surface area contributed by atoms with E-state index in [1.807, 2.05) is 19.9 Å². The predicted molar refractivity (Wildman–Crippen MR) is 95.4 cm³/mol. The summed E-state index contributed by atoms with van der Waals surface area (Å²) in [5.41, 5.74) is 2.33. The number of hydrogen-bond donors (Lipinski definition) is 0. The Bertz CT molecular complexity index is 573. The number of aryl methyl sites for hydroxylation is 1. The van der Waals surface area contributed by atoms with Gasteiger partial charge in [0.05, 0.1) is 24.3 Å². The molecule has 0 bridgehead atoms. The maximum absolute atomic E-state index is 12.5. The quantitative estimate of drug-likeness (QED) is 0.646. The van der Waals surface area contributed by atoms with E-state index >= 15 is 0 Å². The van der Waals surface area contributed by atoms with Gasteiger partial charge in [-0.2, -0.15) is 0 Å². The van der Waals surface area contributed by atoms with Crippen LogP contribution in [0.4, 0.5) is 0 Å². The van der Waals surface area contributed by atoms with E-state index < -0.39 is 11.9 Å². The molecule has 134 valence electrons. The van der Waals surface area contributed by atoms with Crippen molar-refractivity contribution in [2.75, 3.05) is 13.2 Å². The molecule has 24 heavy (non-hydrogen) atoms. The van der Waals surface area contributed by atoms with Gasteiger partial charge in [-0.05, 0) is 55.7 Å². The Hall–Kier alpha value is -1.84. The van der Waals surface area contributed by atoms with Crippen molar-refractivity contribution >= 4 is 11.9 Å². The standard InChI is InChI=1S/C20H30O4/c1-13(2)9-11-23-19(21)17-8-7-15(5)16(6)18(17)20(22)24-12-10-14(3)4/h7-8,13-14H,9-12H2,1-6H3. The number of benzene rings is 1. The van der Waals surface area contributed by atoms with Crippen LogP contribution in [0.5, 0.6) is 0 Å². The predicted octanol–water partition coefficient (Wildman–Crippen LogP) is 4.71. The SMILES string of the molecule is Cc1ccc(C(=O)OCCC(C)C)c(C(=O)OCCC(C)C)c1C. The van der Waals surface area contributed by atoms with Crippen LogP contribution in [0.3, 0.4) is 0 Å². The van der Waals surface area contributed by atoms with E-state index in [0.29, 0.717) is 30.6 Å². The van der Waals surface area contributed by atoms with Gasteiger partial charge in [0.2, 0.25) is 0 Å². The largest absolute Gasteiger partial charge is 0.462 e. The van der Waals surface area contributed by atoms with Gasteiger partial charge in [0, 0.05) is 0 Å². The Balaban J connectivity index is 2.94. The molecule has 0 N–H and O–H groups in total. The van der Waals surface area contributed by atoms with Crippen LogP contribution in [0.1, 0.15) is 72.4 Å². The number of ether oxygens (including phenoxy) is 2. The topological polar surface area (TPSA) is 52.6 Å². The van der Waals surface area contributed by atoms with Crippen molar-refractivity contribution in [3.63, 3.8) is 0 Å². The zero-order chi connectivity index (χ0) is 18.3. The summed E-state index contributed by atoms with van der Waals surface area (Å²) in [6, 6.07) is 3.48. The number of carbonyl (C=O) groups is 2. The molecule has 0 aromatic heterocycles. The monoisotopic (exact) mass is 334 g/mol. The highest BCUT2D eigenvalue weighted by atomic mass is 16.5. The van der Waals surface area contributed by atoms with Gasteiger partial charge >= 0.3 is 11.9 Å². The van der Waals surface area contributed by atoms with Crippen LogP contribution in [0.2, 0.25) is 0 Å². The minimum Gasteiger partial charge on any atom is -0.462 e. The van der Waals surface area contributed by atoms with Crippen LogP contribution < -0.4 is 0 Å². The van der Waals surface area contributed by atoms with E-state index in [4.69, 9.17) is 9.47 Å². The lowest BCUT2D eigenvalue weighted by atomic mass is 9.97. The van der Waals surface area contributed by atoms with E-state index in [1.165, 1.54) is 0 Å². The smallest absolute Gasteiger partial charge is 0.339 e. The fourth-order valence-electron chi connectivity index (χ4n) is 2.17. The molecule has 0 heterocycles. The fraction of sp³-hybridized carbons (Fsp3) is 0.600. The molecule has 0 unspecified atom stereocenters. The van der Waals surface area contributed by atoms with E-state index in [2.05, 4.69) is 27.7 Å². The normalized spacial score (nSPS) is 11.0. The highest BCUT2D eigenvalue weighted by Crippen LogP contribution is 2.21. The van der Waals surface area contributed by atoms with Gasteiger partial charge in [0.25, 0.3) is 0 Å². The summed E-state index contributed by atoms with van der Waals surface area (Å²) >= 11 is 0. The molecule has 0 saturated heterocycles. The van der Waals surface area contributed by atoms with Crippen molar-refractivity contribution < 1.29 is 19.1 Å². The summed E-state index contributed by atoms with van der Waals surface area (Å²) in [6.45, 7) is 12.7. The maximum Gasteiger partial charge on any atom is 0.339 e. The Morgan fingerprint density at radius 1 is 0.875 bits per heavy atom. The summed E-state index contributed by atoms with van der Waals surface area (Å²) in [6.07, 6.45) is 1.59. The van der Waals surface area contributed by atoms with E-state index in [-0.39, 0.29) is 5.56 Å². The average molecular weight is 334 g/mol. The number of carbonyl (C=O) groups excluding carboxylic acids is 2. The number of rotatable bonds is 8. The molecule has 4 heteroatoms. The molecular formula is C20H30O4. The van der Waals surface area contributed by atoms with Gasteiger partial charge in [-0.3, -0.25) is 0 Å². The molecular weight excluding hydrogens is 304 g/mol. The summed E-state index contributed by atoms with van der Waals surface area (Å²) in [5, 5.41) is 0. The van der Waals surface area contributed by atoms with Gasteiger partial charge in [-0.1, -0.05) is 33.8 Å². The molecule has 0 aliphatic rings. The molecule has 0 fully saturated rings. The summed E-state index contributed by atoms with van der Waals surface area (Å²) < 4.78 is 10.7. The van der Waals surface area contributed by atoms with E-state index in [0.717, 1.165) is 24.0 Å². The van der Waals surface area contributed by atoms with Gasteiger partial charge in [0.1, 0.15) is 0 Å². The first-order chi connectivity index (χ1) is 11.2. The lowest BCUT2D eigenvalue weighted by Crippen LogP contribution is -2.18. The first-order valence-corrected chi connectivity index (χ1v) is 8.68. The van der Waals surface area contributed by atoms with E-state index in [1.54, 1.807) is 6.07 Å². The summed E-state index contributed by atoms with van der Waals surface area (Å²) in [4.78, 5) is 24.8. The highest BCUT2D eigenvalue weighted by Gasteiger charge is 2.23. The van der Waals surface area contributed by atoms with Crippen molar-refractivity contribution in [1.82, 2.24) is 0 Å². The Morgan fingerprint density at radius 2 is 1.38 bits per heavy atom. The van der Waals surface area contributed by atoms with Crippen LogP contribution in [-0.4, -0.2) is 25.2 Å². The lowest BCUT2D eigenvalue weighted by molar-refractivity contribution is 0.0439. The second-order valence-corrected chi connectivity index (χ2v) is 7.07. The van der Waals surface area contributed by atoms with Gasteiger partial charge in [-0.15, -0.1) is 0 Å². The van der Waals surface area contributed by atoms with Crippen LogP contribution in [-0.2, 0) is 9.47 Å². The van der Waals surface area contributed by atoms with Crippen molar-refractivity contribution in [2.24, 2.45) is 11.8 Å². The lowest BCUT2D eigenvalue weighted by Gasteiger charge is -2.14. The molecule has 1 rings (SSSR count). The molecule has 0 saturated carbocycles. The fourth-order valence-corrected chi connectivity index (χ4v) is 2.17. The molecule has 4 nitrogen and oxygen atoms in total. The molecule has 0 aliphatic heterocycles. The molecule has 1 aromatic carbocycles. The van der Waals surface area contributed by atoms with Crippen LogP contribution >= 0.6 is 0 Å². The van der Waals surface area contributed by atoms with Crippen molar-refractivity contribution in [3.8, 4) is 0 Å². The molecule has 0 radical (unpaired) electrons. The minimum absolute atomic E-state index is 0.288. The summed E-state index contributed by atoms with van der Waals surface area (Å²) in [7, 11) is 0. The zero-order valence-corrected chi connectivity index (χ0v) is 15.8. The third-order valence-electron chi connectivity index (χ3n) is 4.02. The molecule has 0 atom stereocenters. The molecule has 1 aromatic rings. The van der Waals surface area contributed by atoms with Gasteiger partial charge < -0.3 is 9.47 Å². The average Bonchev–Trinajstić information content (AvgIpc) is 2.48.